The molecule has 5 heterocycles. The topological polar surface area (TPSA) is 52.4 Å². The van der Waals surface area contributed by atoms with Gasteiger partial charge in [0.15, 0.2) is 0 Å². The van der Waals surface area contributed by atoms with E-state index in [1.807, 2.05) is 12.1 Å². The molecule has 0 saturated carbocycles. The highest BCUT2D eigenvalue weighted by molar-refractivity contribution is 6.16. The van der Waals surface area contributed by atoms with Crippen molar-refractivity contribution in [2.45, 2.75) is 0 Å². The summed E-state index contributed by atoms with van der Waals surface area (Å²) in [5.74, 6) is 0.644. The number of aromatic nitrogens is 6. The normalized spacial score (nSPS) is 12.3. The molecule has 0 unspecified atom stereocenters. The molecular formula is C41H24N6. The van der Waals surface area contributed by atoms with Gasteiger partial charge < -0.3 is 0 Å². The molecule has 0 amide bonds. The Hall–Kier alpha value is -6.53. The second kappa shape index (κ2) is 9.02. The lowest BCUT2D eigenvalue weighted by atomic mass is 10.1. The van der Waals surface area contributed by atoms with Crippen molar-refractivity contribution in [3.05, 3.63) is 146 Å². The fourth-order valence-corrected chi connectivity index (χ4v) is 7.56. The molecule has 47 heavy (non-hydrogen) atoms. The van der Waals surface area contributed by atoms with Crippen LogP contribution in [0.5, 0.6) is 0 Å². The predicted molar refractivity (Wildman–Crippen MR) is 192 cm³/mol. The molecule has 0 aliphatic carbocycles. The first-order valence-electron chi connectivity index (χ1n) is 15.8. The van der Waals surface area contributed by atoms with E-state index in [1.165, 1.54) is 10.9 Å². The van der Waals surface area contributed by atoms with Gasteiger partial charge >= 0.3 is 0 Å². The summed E-state index contributed by atoms with van der Waals surface area (Å²) in [4.78, 5) is 15.7. The highest BCUT2D eigenvalue weighted by atomic mass is 15.2. The maximum Gasteiger partial charge on any atom is 0.235 e. The number of nitrogens with zero attached hydrogens (tertiary/aromatic N) is 6. The summed E-state index contributed by atoms with van der Waals surface area (Å²) in [5.41, 5.74) is 11.3. The standard InChI is InChI=1S/C41H24N6/c1-2-12-25(13-3-1)39-28-16-5-7-17-31(28)43-41(44-39)46-34-20-10-6-15-27(34)29-23-37-30(24-36(29)46)40-42-32-18-8-11-21-35(32)47(40)38-22-26-14-4-9-19-33(26)45(37)38/h1-24H. The molecule has 0 aliphatic rings. The Balaban J connectivity index is 1.34. The van der Waals surface area contributed by atoms with E-state index in [9.17, 15) is 0 Å². The van der Waals surface area contributed by atoms with Crippen molar-refractivity contribution in [1.82, 2.24) is 28.3 Å². The van der Waals surface area contributed by atoms with Crippen molar-refractivity contribution >= 4 is 76.8 Å². The zero-order valence-electron chi connectivity index (χ0n) is 25.0. The molecular weight excluding hydrogens is 576 g/mol. The lowest BCUT2D eigenvalue weighted by Gasteiger charge is -2.13. The first kappa shape index (κ1) is 24.8. The van der Waals surface area contributed by atoms with E-state index >= 15 is 0 Å². The molecule has 0 bridgehead atoms. The summed E-state index contributed by atoms with van der Waals surface area (Å²) in [6.07, 6.45) is 0. The predicted octanol–water partition coefficient (Wildman–Crippen LogP) is 9.75. The fourth-order valence-electron chi connectivity index (χ4n) is 7.56. The Labute approximate surface area is 267 Å². The average molecular weight is 601 g/mol. The maximum absolute atomic E-state index is 5.30. The van der Waals surface area contributed by atoms with Crippen LogP contribution in [0.1, 0.15) is 0 Å². The van der Waals surface area contributed by atoms with Gasteiger partial charge in [-0.2, -0.15) is 0 Å². The first-order valence-corrected chi connectivity index (χ1v) is 15.8. The molecule has 5 aromatic heterocycles. The van der Waals surface area contributed by atoms with E-state index in [4.69, 9.17) is 15.0 Å². The van der Waals surface area contributed by atoms with Crippen molar-refractivity contribution < 1.29 is 0 Å². The van der Waals surface area contributed by atoms with Crippen LogP contribution in [-0.4, -0.2) is 28.3 Å². The highest BCUT2D eigenvalue weighted by Crippen LogP contribution is 2.39. The molecule has 218 valence electrons. The van der Waals surface area contributed by atoms with E-state index < -0.39 is 0 Å². The Kier molecular flexibility index (Phi) is 4.75. The second-order valence-corrected chi connectivity index (χ2v) is 12.2. The number of benzene rings is 6. The van der Waals surface area contributed by atoms with Gasteiger partial charge in [0.25, 0.3) is 0 Å². The van der Waals surface area contributed by atoms with Gasteiger partial charge in [-0.3, -0.25) is 13.4 Å². The number of para-hydroxylation sites is 5. The molecule has 6 nitrogen and oxygen atoms in total. The Morgan fingerprint density at radius 1 is 0.404 bits per heavy atom. The number of hydrogen-bond donors (Lipinski definition) is 0. The van der Waals surface area contributed by atoms with Gasteiger partial charge in [0.05, 0.1) is 44.3 Å². The molecule has 0 atom stereocenters. The van der Waals surface area contributed by atoms with Crippen molar-refractivity contribution in [3.8, 4) is 17.2 Å². The molecule has 0 saturated heterocycles. The van der Waals surface area contributed by atoms with Gasteiger partial charge in [-0.05, 0) is 48.5 Å². The van der Waals surface area contributed by atoms with Gasteiger partial charge in [0.2, 0.25) is 5.95 Å². The van der Waals surface area contributed by atoms with Crippen LogP contribution in [-0.2, 0) is 0 Å². The zero-order chi connectivity index (χ0) is 30.6. The maximum atomic E-state index is 5.30. The van der Waals surface area contributed by atoms with Crippen LogP contribution in [0.2, 0.25) is 0 Å². The summed E-state index contributed by atoms with van der Waals surface area (Å²) >= 11 is 0. The van der Waals surface area contributed by atoms with E-state index in [0.717, 1.165) is 77.2 Å². The summed E-state index contributed by atoms with van der Waals surface area (Å²) < 4.78 is 6.91. The Morgan fingerprint density at radius 3 is 1.96 bits per heavy atom. The van der Waals surface area contributed by atoms with Gasteiger partial charge in [-0.1, -0.05) is 97.1 Å². The van der Waals surface area contributed by atoms with E-state index in [1.54, 1.807) is 0 Å². The van der Waals surface area contributed by atoms with E-state index in [-0.39, 0.29) is 0 Å². The molecule has 0 aliphatic heterocycles. The van der Waals surface area contributed by atoms with Gasteiger partial charge in [-0.25, -0.2) is 15.0 Å². The van der Waals surface area contributed by atoms with Crippen LogP contribution in [0, 0.1) is 0 Å². The van der Waals surface area contributed by atoms with Crippen LogP contribution in [0.15, 0.2) is 146 Å². The number of hydrogen-bond acceptors (Lipinski definition) is 3. The third-order valence-corrected chi connectivity index (χ3v) is 9.59. The Morgan fingerprint density at radius 2 is 1.09 bits per heavy atom. The van der Waals surface area contributed by atoms with Crippen molar-refractivity contribution in [1.29, 1.82) is 0 Å². The van der Waals surface area contributed by atoms with Crippen LogP contribution in [0.25, 0.3) is 94.0 Å². The van der Waals surface area contributed by atoms with Crippen molar-refractivity contribution in [3.63, 3.8) is 0 Å². The lowest BCUT2D eigenvalue weighted by molar-refractivity contribution is 1.01. The Bertz CT molecular complexity index is 3070. The minimum Gasteiger partial charge on any atom is -0.295 e. The highest BCUT2D eigenvalue weighted by Gasteiger charge is 2.21. The molecule has 0 N–H and O–H groups in total. The van der Waals surface area contributed by atoms with Gasteiger partial charge in [0.1, 0.15) is 11.3 Å². The third kappa shape index (κ3) is 3.31. The van der Waals surface area contributed by atoms with Gasteiger partial charge in [0, 0.05) is 32.5 Å². The van der Waals surface area contributed by atoms with Crippen LogP contribution < -0.4 is 0 Å². The molecule has 0 radical (unpaired) electrons. The summed E-state index contributed by atoms with van der Waals surface area (Å²) in [6.45, 7) is 0. The molecule has 0 fully saturated rings. The largest absolute Gasteiger partial charge is 0.295 e. The fraction of sp³-hybridized carbons (Fsp3) is 0. The number of fused-ring (bicyclic) bond motifs is 14. The van der Waals surface area contributed by atoms with Crippen LogP contribution in [0.3, 0.4) is 0 Å². The average Bonchev–Trinajstić information content (AvgIpc) is 3.81. The van der Waals surface area contributed by atoms with Crippen LogP contribution >= 0.6 is 0 Å². The minimum absolute atomic E-state index is 0.644. The zero-order valence-corrected chi connectivity index (χ0v) is 25.0. The first-order chi connectivity index (χ1) is 23.3. The van der Waals surface area contributed by atoms with E-state index in [0.29, 0.717) is 5.95 Å². The smallest absolute Gasteiger partial charge is 0.235 e. The van der Waals surface area contributed by atoms with Gasteiger partial charge in [-0.15, -0.1) is 0 Å². The summed E-state index contributed by atoms with van der Waals surface area (Å²) in [7, 11) is 0. The van der Waals surface area contributed by atoms with Crippen molar-refractivity contribution in [2.75, 3.05) is 0 Å². The second-order valence-electron chi connectivity index (χ2n) is 12.2. The SMILES string of the molecule is c1ccc(-c2nc(-n3c4ccccc4c4cc5c(cc43)c3nc4ccccc4n3c3cc4ccccc4n53)nc3ccccc23)cc1. The molecule has 11 aromatic rings. The quantitative estimate of drug-likeness (QED) is 0.198. The summed E-state index contributed by atoms with van der Waals surface area (Å²) in [5, 5.41) is 5.59. The lowest BCUT2D eigenvalue weighted by Crippen LogP contribution is -2.04. The number of rotatable bonds is 2. The van der Waals surface area contributed by atoms with Crippen molar-refractivity contribution in [2.24, 2.45) is 0 Å². The molecule has 6 heteroatoms. The number of imidazole rings is 1. The van der Waals surface area contributed by atoms with Crippen LogP contribution in [0.4, 0.5) is 0 Å². The summed E-state index contributed by atoms with van der Waals surface area (Å²) in [6, 6.07) is 51.1. The minimum atomic E-state index is 0.644. The third-order valence-electron chi connectivity index (χ3n) is 9.59. The monoisotopic (exact) mass is 600 g/mol. The van der Waals surface area contributed by atoms with E-state index in [2.05, 4.69) is 147 Å². The molecule has 0 spiro atoms. The molecule has 6 aromatic carbocycles. The molecule has 11 rings (SSSR count).